The van der Waals surface area contributed by atoms with E-state index >= 15 is 0 Å². The normalized spacial score (nSPS) is 10.2. The van der Waals surface area contributed by atoms with Gasteiger partial charge in [0.05, 0.1) is 32.1 Å². The Morgan fingerprint density at radius 3 is 3.00 bits per heavy atom. The molecule has 2 heterocycles. The van der Waals surface area contributed by atoms with Crippen LogP contribution in [0.5, 0.6) is 6.01 Å². The lowest BCUT2D eigenvalue weighted by molar-refractivity contribution is 0.183. The third-order valence-corrected chi connectivity index (χ3v) is 2.47. The number of anilines is 2. The van der Waals surface area contributed by atoms with Gasteiger partial charge in [-0.05, 0) is 6.07 Å². The number of nitrogens with zero attached hydrogens (tertiary/aromatic N) is 4. The lowest BCUT2D eigenvalue weighted by Gasteiger charge is -2.05. The number of hydrogen-bond acceptors (Lipinski definition) is 6. The molecule has 2 aromatic rings. The maximum absolute atomic E-state index is 11.8. The predicted molar refractivity (Wildman–Crippen MR) is 75.3 cm³/mol. The van der Waals surface area contributed by atoms with Crippen molar-refractivity contribution in [1.29, 1.82) is 0 Å². The van der Waals surface area contributed by atoms with Gasteiger partial charge in [0.15, 0.2) is 0 Å². The molecule has 9 heteroatoms. The van der Waals surface area contributed by atoms with Gasteiger partial charge < -0.3 is 14.8 Å². The second-order valence-corrected chi connectivity index (χ2v) is 3.99. The van der Waals surface area contributed by atoms with E-state index < -0.39 is 6.03 Å². The zero-order chi connectivity index (χ0) is 15.1. The van der Waals surface area contributed by atoms with Crippen molar-refractivity contribution < 1.29 is 14.3 Å². The zero-order valence-corrected chi connectivity index (χ0v) is 11.7. The summed E-state index contributed by atoms with van der Waals surface area (Å²) in [7, 11) is 3.07. The van der Waals surface area contributed by atoms with Crippen LogP contribution < -0.4 is 15.4 Å². The average molecular weight is 292 g/mol. The lowest BCUT2D eigenvalue weighted by atomic mass is 10.5. The third kappa shape index (κ3) is 4.42. The Morgan fingerprint density at radius 1 is 1.38 bits per heavy atom. The van der Waals surface area contributed by atoms with Crippen LogP contribution in [-0.4, -0.2) is 46.6 Å². The highest BCUT2D eigenvalue weighted by Crippen LogP contribution is 2.09. The van der Waals surface area contributed by atoms with Crippen LogP contribution in [-0.2, 0) is 11.3 Å². The van der Waals surface area contributed by atoms with Crippen molar-refractivity contribution in [3.63, 3.8) is 0 Å². The van der Waals surface area contributed by atoms with Crippen LogP contribution in [0.15, 0.2) is 24.7 Å². The van der Waals surface area contributed by atoms with Gasteiger partial charge in [-0.3, -0.25) is 10.00 Å². The molecule has 0 aliphatic heterocycles. The smallest absolute Gasteiger partial charge is 0.324 e. The molecule has 0 fully saturated rings. The number of hydrogen-bond donors (Lipinski definition) is 2. The second-order valence-electron chi connectivity index (χ2n) is 3.99. The highest BCUT2D eigenvalue weighted by Gasteiger charge is 2.06. The number of nitrogens with one attached hydrogen (secondary N) is 2. The van der Waals surface area contributed by atoms with Gasteiger partial charge in [0, 0.05) is 19.5 Å². The number of urea groups is 1. The Kier molecular flexibility index (Phi) is 5.04. The molecule has 0 unspecified atom stereocenters. The first-order chi connectivity index (χ1) is 10.2. The van der Waals surface area contributed by atoms with Gasteiger partial charge in [-0.1, -0.05) is 0 Å². The second kappa shape index (κ2) is 7.20. The number of amides is 2. The number of carbonyl (C=O) groups is 1. The van der Waals surface area contributed by atoms with Gasteiger partial charge in [0.25, 0.3) is 0 Å². The summed E-state index contributed by atoms with van der Waals surface area (Å²) in [6, 6.07) is 1.31. The monoisotopic (exact) mass is 292 g/mol. The Hall–Kier alpha value is -2.68. The Bertz CT molecular complexity index is 600. The zero-order valence-electron chi connectivity index (χ0n) is 11.7. The molecule has 21 heavy (non-hydrogen) atoms. The molecule has 0 radical (unpaired) electrons. The first-order valence-corrected chi connectivity index (χ1v) is 6.17. The topological polar surface area (TPSA) is 103 Å². The molecule has 2 amide bonds. The van der Waals surface area contributed by atoms with Gasteiger partial charge in [-0.15, -0.1) is 0 Å². The Balaban J connectivity index is 1.90. The number of carbonyl (C=O) groups excluding carboxylic acids is 1. The molecule has 0 aliphatic rings. The molecule has 0 spiro atoms. The molecule has 2 N–H and O–H groups in total. The van der Waals surface area contributed by atoms with Crippen molar-refractivity contribution in [1.82, 2.24) is 19.7 Å². The number of rotatable bonds is 6. The van der Waals surface area contributed by atoms with Crippen molar-refractivity contribution in [2.45, 2.75) is 6.54 Å². The highest BCUT2D eigenvalue weighted by atomic mass is 16.5. The average Bonchev–Trinajstić information content (AvgIpc) is 2.92. The molecular weight excluding hydrogens is 276 g/mol. The molecule has 2 rings (SSSR count). The molecule has 0 saturated carbocycles. The number of ether oxygens (including phenoxy) is 2. The molecule has 112 valence electrons. The molecule has 0 atom stereocenters. The molecule has 0 aromatic carbocycles. The van der Waals surface area contributed by atoms with Crippen LogP contribution in [0, 0.1) is 0 Å². The lowest BCUT2D eigenvalue weighted by Crippen LogP contribution is -2.20. The van der Waals surface area contributed by atoms with E-state index in [0.717, 1.165) is 0 Å². The first-order valence-electron chi connectivity index (χ1n) is 6.17. The fourth-order valence-electron chi connectivity index (χ4n) is 1.52. The quantitative estimate of drug-likeness (QED) is 0.822. The minimum atomic E-state index is -0.429. The summed E-state index contributed by atoms with van der Waals surface area (Å²) in [6.45, 7) is 1.16. The molecule has 0 aliphatic carbocycles. The Labute approximate surface area is 121 Å². The van der Waals surface area contributed by atoms with Crippen molar-refractivity contribution in [2.75, 3.05) is 31.5 Å². The predicted octanol–water partition coefficient (Wildman–Crippen LogP) is 0.972. The van der Waals surface area contributed by atoms with Crippen molar-refractivity contribution >= 4 is 17.5 Å². The van der Waals surface area contributed by atoms with Gasteiger partial charge in [0.1, 0.15) is 5.82 Å². The van der Waals surface area contributed by atoms with E-state index in [9.17, 15) is 4.79 Å². The summed E-state index contributed by atoms with van der Waals surface area (Å²) < 4.78 is 11.5. The largest absolute Gasteiger partial charge is 0.467 e. The van der Waals surface area contributed by atoms with E-state index in [1.165, 1.54) is 13.3 Å². The molecule has 0 bridgehead atoms. The summed E-state index contributed by atoms with van der Waals surface area (Å²) in [5.41, 5.74) is 0.574. The maximum Gasteiger partial charge on any atom is 0.324 e. The molecule has 0 saturated heterocycles. The molecule has 2 aromatic heterocycles. The minimum absolute atomic E-state index is 0.181. The van der Waals surface area contributed by atoms with Crippen LogP contribution in [0.3, 0.4) is 0 Å². The van der Waals surface area contributed by atoms with Crippen LogP contribution >= 0.6 is 0 Å². The van der Waals surface area contributed by atoms with E-state index in [2.05, 4.69) is 25.7 Å². The van der Waals surface area contributed by atoms with Gasteiger partial charge >= 0.3 is 12.0 Å². The van der Waals surface area contributed by atoms with Crippen molar-refractivity contribution in [2.24, 2.45) is 0 Å². The fraction of sp³-hybridized carbons (Fsp3) is 0.333. The summed E-state index contributed by atoms with van der Waals surface area (Å²) >= 11 is 0. The Morgan fingerprint density at radius 2 is 2.24 bits per heavy atom. The summed E-state index contributed by atoms with van der Waals surface area (Å²) in [5, 5.41) is 9.31. The van der Waals surface area contributed by atoms with Crippen LogP contribution in [0.2, 0.25) is 0 Å². The number of aromatic nitrogens is 4. The minimum Gasteiger partial charge on any atom is -0.467 e. The van der Waals surface area contributed by atoms with Crippen molar-refractivity contribution in [3.05, 3.63) is 24.7 Å². The molecular formula is C12H16N6O3. The summed E-state index contributed by atoms with van der Waals surface area (Å²) in [5.74, 6) is 0.339. The van der Waals surface area contributed by atoms with E-state index in [-0.39, 0.29) is 6.01 Å². The van der Waals surface area contributed by atoms with E-state index in [4.69, 9.17) is 9.47 Å². The van der Waals surface area contributed by atoms with Crippen LogP contribution in [0.1, 0.15) is 0 Å². The number of methoxy groups -OCH3 is 2. The van der Waals surface area contributed by atoms with E-state index in [1.807, 2.05) is 0 Å². The third-order valence-electron chi connectivity index (χ3n) is 2.47. The fourth-order valence-corrected chi connectivity index (χ4v) is 1.52. The van der Waals surface area contributed by atoms with E-state index in [0.29, 0.717) is 24.7 Å². The highest BCUT2D eigenvalue weighted by molar-refractivity contribution is 5.98. The standard InChI is InChI=1S/C12H16N6O3/c1-20-6-5-18-8-9(7-14-18)15-11(19)16-10-3-4-13-12(17-10)21-2/h3-4,7-8H,5-6H2,1-2H3,(H2,13,15,16,17,19). The van der Waals surface area contributed by atoms with Crippen LogP contribution in [0.4, 0.5) is 16.3 Å². The maximum atomic E-state index is 11.8. The first kappa shape index (κ1) is 14.7. The van der Waals surface area contributed by atoms with Gasteiger partial charge in [-0.25, -0.2) is 9.78 Å². The van der Waals surface area contributed by atoms with Crippen molar-refractivity contribution in [3.8, 4) is 6.01 Å². The molecule has 9 nitrogen and oxygen atoms in total. The van der Waals surface area contributed by atoms with Gasteiger partial charge in [0.2, 0.25) is 0 Å². The van der Waals surface area contributed by atoms with Crippen LogP contribution in [0.25, 0.3) is 0 Å². The SMILES string of the molecule is COCCn1cc(NC(=O)Nc2ccnc(OC)n2)cn1. The van der Waals surface area contributed by atoms with E-state index in [1.54, 1.807) is 30.3 Å². The van der Waals surface area contributed by atoms with Gasteiger partial charge in [-0.2, -0.15) is 10.1 Å². The summed E-state index contributed by atoms with van der Waals surface area (Å²) in [4.78, 5) is 19.6. The summed E-state index contributed by atoms with van der Waals surface area (Å²) in [6.07, 6.45) is 4.75.